The average molecular weight is 289 g/mol. The van der Waals surface area contributed by atoms with Crippen molar-refractivity contribution in [2.24, 2.45) is 0 Å². The number of aromatic nitrogens is 1. The van der Waals surface area contributed by atoms with Crippen LogP contribution in [0.2, 0.25) is 0 Å². The quantitative estimate of drug-likeness (QED) is 0.888. The first-order chi connectivity index (χ1) is 9.27. The third kappa shape index (κ3) is 3.17. The summed E-state index contributed by atoms with van der Waals surface area (Å²) in [5.41, 5.74) is 8.33. The van der Waals surface area contributed by atoms with E-state index in [9.17, 15) is 4.79 Å². The lowest BCUT2D eigenvalue weighted by Gasteiger charge is -2.15. The first-order valence-corrected chi connectivity index (χ1v) is 7.24. The number of carbonyl (C=O) groups excluding carboxylic acids is 1. The van der Waals surface area contributed by atoms with Crippen LogP contribution in [-0.2, 0) is 5.41 Å². The number of rotatable bonds is 2. The Hall–Kier alpha value is -1.88. The summed E-state index contributed by atoms with van der Waals surface area (Å²) in [5, 5.41) is 4.00. The van der Waals surface area contributed by atoms with Gasteiger partial charge in [-0.3, -0.25) is 10.1 Å². The number of nitrogen functional groups attached to an aromatic ring is 1. The molecule has 0 saturated heterocycles. The van der Waals surface area contributed by atoms with E-state index in [1.165, 1.54) is 11.3 Å². The maximum absolute atomic E-state index is 12.2. The topological polar surface area (TPSA) is 68.0 Å². The Balaban J connectivity index is 2.21. The van der Waals surface area contributed by atoms with Gasteiger partial charge in [0.25, 0.3) is 5.91 Å². The molecule has 1 amide bonds. The highest BCUT2D eigenvalue weighted by Crippen LogP contribution is 2.34. The molecule has 0 spiro atoms. The van der Waals surface area contributed by atoms with Crippen LogP contribution in [0.1, 0.15) is 42.4 Å². The molecular formula is C15H19N3OS. The normalized spacial score (nSPS) is 11.4. The molecular weight excluding hydrogens is 270 g/mol. The average Bonchev–Trinajstić information content (AvgIpc) is 2.70. The number of amides is 1. The summed E-state index contributed by atoms with van der Waals surface area (Å²) in [6.45, 7) is 8.09. The molecule has 2 aromatic rings. The molecule has 0 aliphatic rings. The van der Waals surface area contributed by atoms with Crippen molar-refractivity contribution in [2.45, 2.75) is 33.1 Å². The molecule has 4 nitrogen and oxygen atoms in total. The van der Waals surface area contributed by atoms with Crippen molar-refractivity contribution in [3.63, 3.8) is 0 Å². The number of benzene rings is 1. The maximum Gasteiger partial charge on any atom is 0.257 e. The van der Waals surface area contributed by atoms with Gasteiger partial charge in [0.05, 0.1) is 5.69 Å². The van der Waals surface area contributed by atoms with Crippen LogP contribution in [0.15, 0.2) is 24.3 Å². The van der Waals surface area contributed by atoms with Crippen molar-refractivity contribution in [3.05, 3.63) is 41.1 Å². The lowest BCUT2D eigenvalue weighted by molar-refractivity contribution is 0.102. The van der Waals surface area contributed by atoms with Crippen molar-refractivity contribution in [3.8, 4) is 0 Å². The standard InChI is InChI=1S/C15H19N3OS/c1-9-6-5-7-10(8-9)13(19)18-14-17-11(12(16)20-14)15(2,3)4/h5-8H,16H2,1-4H3,(H,17,18,19). The molecule has 106 valence electrons. The Morgan fingerprint density at radius 1 is 1.35 bits per heavy atom. The fourth-order valence-corrected chi connectivity index (χ4v) is 2.82. The number of aryl methyl sites for hydroxylation is 1. The van der Waals surface area contributed by atoms with E-state index in [4.69, 9.17) is 5.73 Å². The fraction of sp³-hybridized carbons (Fsp3) is 0.333. The molecule has 1 heterocycles. The monoisotopic (exact) mass is 289 g/mol. The van der Waals surface area contributed by atoms with Crippen LogP contribution < -0.4 is 11.1 Å². The predicted molar refractivity (Wildman–Crippen MR) is 84.4 cm³/mol. The van der Waals surface area contributed by atoms with Gasteiger partial charge in [0.2, 0.25) is 0 Å². The van der Waals surface area contributed by atoms with Crippen LogP contribution in [0.5, 0.6) is 0 Å². The van der Waals surface area contributed by atoms with E-state index in [1.54, 1.807) is 6.07 Å². The van der Waals surface area contributed by atoms with Crippen LogP contribution in [0.3, 0.4) is 0 Å². The first-order valence-electron chi connectivity index (χ1n) is 6.42. The Morgan fingerprint density at radius 2 is 2.05 bits per heavy atom. The van der Waals surface area contributed by atoms with Gasteiger partial charge in [0.15, 0.2) is 5.13 Å². The molecule has 0 bridgehead atoms. The third-order valence-corrected chi connectivity index (χ3v) is 3.66. The molecule has 20 heavy (non-hydrogen) atoms. The number of hydrogen-bond donors (Lipinski definition) is 2. The van der Waals surface area contributed by atoms with Gasteiger partial charge in [-0.1, -0.05) is 49.8 Å². The van der Waals surface area contributed by atoms with Gasteiger partial charge in [-0.15, -0.1) is 0 Å². The molecule has 0 saturated carbocycles. The molecule has 0 aliphatic carbocycles. The summed E-state index contributed by atoms with van der Waals surface area (Å²) in [4.78, 5) is 16.6. The number of nitrogens with one attached hydrogen (secondary N) is 1. The minimum Gasteiger partial charge on any atom is -0.389 e. The van der Waals surface area contributed by atoms with E-state index in [-0.39, 0.29) is 11.3 Å². The molecule has 2 rings (SSSR count). The summed E-state index contributed by atoms with van der Waals surface area (Å²) >= 11 is 1.30. The van der Waals surface area contributed by atoms with Crippen LogP contribution in [0.4, 0.5) is 10.1 Å². The molecule has 1 aromatic carbocycles. The molecule has 0 atom stereocenters. The van der Waals surface area contributed by atoms with Gasteiger partial charge in [-0.2, -0.15) is 0 Å². The van der Waals surface area contributed by atoms with Crippen molar-refractivity contribution < 1.29 is 4.79 Å². The summed E-state index contributed by atoms with van der Waals surface area (Å²) < 4.78 is 0. The third-order valence-electron chi connectivity index (χ3n) is 2.86. The van der Waals surface area contributed by atoms with E-state index >= 15 is 0 Å². The summed E-state index contributed by atoms with van der Waals surface area (Å²) in [7, 11) is 0. The predicted octanol–water partition coefficient (Wildman–Crippen LogP) is 3.58. The largest absolute Gasteiger partial charge is 0.389 e. The van der Waals surface area contributed by atoms with Gasteiger partial charge in [0, 0.05) is 11.0 Å². The lowest BCUT2D eigenvalue weighted by atomic mass is 9.93. The highest BCUT2D eigenvalue weighted by molar-refractivity contribution is 7.19. The number of hydrogen-bond acceptors (Lipinski definition) is 4. The van der Waals surface area contributed by atoms with Crippen molar-refractivity contribution in [1.29, 1.82) is 0 Å². The zero-order valence-electron chi connectivity index (χ0n) is 12.2. The second-order valence-electron chi connectivity index (χ2n) is 5.81. The fourth-order valence-electron chi connectivity index (χ4n) is 1.88. The highest BCUT2D eigenvalue weighted by atomic mass is 32.1. The van der Waals surface area contributed by atoms with Crippen LogP contribution in [0, 0.1) is 6.92 Å². The maximum atomic E-state index is 12.2. The lowest BCUT2D eigenvalue weighted by Crippen LogP contribution is -2.15. The minimum absolute atomic E-state index is 0.132. The van der Waals surface area contributed by atoms with Crippen molar-refractivity contribution >= 4 is 27.4 Å². The molecule has 5 heteroatoms. The van der Waals surface area contributed by atoms with Crippen molar-refractivity contribution in [2.75, 3.05) is 11.1 Å². The van der Waals surface area contributed by atoms with E-state index in [2.05, 4.69) is 10.3 Å². The smallest absolute Gasteiger partial charge is 0.257 e. The summed E-state index contributed by atoms with van der Waals surface area (Å²) in [6, 6.07) is 7.44. The van der Waals surface area contributed by atoms with Crippen molar-refractivity contribution in [1.82, 2.24) is 4.98 Å². The molecule has 0 radical (unpaired) electrons. The Morgan fingerprint density at radius 3 is 2.60 bits per heavy atom. The first kappa shape index (κ1) is 14.5. The molecule has 0 unspecified atom stereocenters. The Bertz CT molecular complexity index is 641. The number of anilines is 2. The summed E-state index contributed by atoms with van der Waals surface area (Å²) in [6.07, 6.45) is 0. The minimum atomic E-state index is -0.164. The van der Waals surface area contributed by atoms with E-state index in [1.807, 2.05) is 45.9 Å². The highest BCUT2D eigenvalue weighted by Gasteiger charge is 2.22. The van der Waals surface area contributed by atoms with Gasteiger partial charge >= 0.3 is 0 Å². The molecule has 0 fully saturated rings. The van der Waals surface area contributed by atoms with E-state index in [0.29, 0.717) is 15.7 Å². The van der Waals surface area contributed by atoms with E-state index < -0.39 is 0 Å². The second-order valence-corrected chi connectivity index (χ2v) is 6.84. The van der Waals surface area contributed by atoms with E-state index in [0.717, 1.165) is 11.3 Å². The van der Waals surface area contributed by atoms with Crippen LogP contribution in [-0.4, -0.2) is 10.9 Å². The molecule has 3 N–H and O–H groups in total. The summed E-state index contributed by atoms with van der Waals surface area (Å²) in [5.74, 6) is -0.164. The zero-order chi connectivity index (χ0) is 14.9. The van der Waals surface area contributed by atoms with Gasteiger partial charge < -0.3 is 5.73 Å². The number of carbonyl (C=O) groups is 1. The number of nitrogens with two attached hydrogens (primary N) is 1. The number of nitrogens with zero attached hydrogens (tertiary/aromatic N) is 1. The van der Waals surface area contributed by atoms with Crippen LogP contribution >= 0.6 is 11.3 Å². The second kappa shape index (κ2) is 5.25. The van der Waals surface area contributed by atoms with Gasteiger partial charge in [-0.05, 0) is 19.1 Å². The van der Waals surface area contributed by atoms with Crippen LogP contribution in [0.25, 0.3) is 0 Å². The Labute approximate surface area is 123 Å². The molecule has 0 aliphatic heterocycles. The molecule has 1 aromatic heterocycles. The Kier molecular flexibility index (Phi) is 3.81. The van der Waals surface area contributed by atoms with Gasteiger partial charge in [0.1, 0.15) is 5.00 Å². The SMILES string of the molecule is Cc1cccc(C(=O)Nc2nc(C(C)(C)C)c(N)s2)c1. The zero-order valence-corrected chi connectivity index (χ0v) is 13.0. The number of thiazole rings is 1. The van der Waals surface area contributed by atoms with Gasteiger partial charge in [-0.25, -0.2) is 4.98 Å².